The van der Waals surface area contributed by atoms with Crippen molar-refractivity contribution in [3.63, 3.8) is 0 Å². The van der Waals surface area contributed by atoms with E-state index >= 15 is 0 Å². The molecule has 0 aliphatic heterocycles. The molecule has 2 nitrogen and oxygen atoms in total. The van der Waals surface area contributed by atoms with Crippen molar-refractivity contribution in [2.75, 3.05) is 6.61 Å². The van der Waals surface area contributed by atoms with Gasteiger partial charge in [0.15, 0.2) is 0 Å². The highest BCUT2D eigenvalue weighted by atomic mass is 16.3. The predicted molar refractivity (Wildman–Crippen MR) is 134 cm³/mol. The number of allylic oxidation sites excluding steroid dienone is 5. The van der Waals surface area contributed by atoms with E-state index < -0.39 is 11.5 Å². The third-order valence-corrected chi connectivity index (χ3v) is 11.4. The fourth-order valence-corrected chi connectivity index (χ4v) is 9.26. The van der Waals surface area contributed by atoms with Crippen molar-refractivity contribution < 1.29 is 10.2 Å². The lowest BCUT2D eigenvalue weighted by atomic mass is 9.36. The molecule has 4 aliphatic carbocycles. The molecule has 0 heterocycles. The first-order chi connectivity index (χ1) is 14.9. The lowest BCUT2D eigenvalue weighted by molar-refractivity contribution is -0.189. The van der Waals surface area contributed by atoms with Crippen LogP contribution in [0.25, 0.3) is 0 Å². The Morgan fingerprint density at radius 3 is 2.38 bits per heavy atom. The maximum absolute atomic E-state index is 10.8. The van der Waals surface area contributed by atoms with Crippen molar-refractivity contribution in [1.82, 2.24) is 0 Å². The quantitative estimate of drug-likeness (QED) is 0.453. The molecule has 0 radical (unpaired) electrons. The number of rotatable bonds is 4. The van der Waals surface area contributed by atoms with E-state index in [2.05, 4.69) is 60.6 Å². The van der Waals surface area contributed by atoms with E-state index in [0.29, 0.717) is 22.7 Å². The van der Waals surface area contributed by atoms with Crippen LogP contribution in [-0.2, 0) is 0 Å². The van der Waals surface area contributed by atoms with Gasteiger partial charge in [-0.15, -0.1) is 0 Å². The van der Waals surface area contributed by atoms with Crippen molar-refractivity contribution in [3.05, 3.63) is 34.9 Å². The summed E-state index contributed by atoms with van der Waals surface area (Å²) in [6, 6.07) is 0. The molecule has 2 N–H and O–H groups in total. The average Bonchev–Trinajstić information content (AvgIpc) is 3.09. The third kappa shape index (κ3) is 3.26. The Labute approximate surface area is 197 Å². The van der Waals surface area contributed by atoms with Gasteiger partial charge in [0, 0.05) is 5.41 Å². The molecule has 8 unspecified atom stereocenters. The zero-order valence-corrected chi connectivity index (χ0v) is 21.8. The zero-order chi connectivity index (χ0) is 23.5. The number of hydrogen-bond acceptors (Lipinski definition) is 2. The van der Waals surface area contributed by atoms with Gasteiger partial charge in [0.25, 0.3) is 0 Å². The van der Waals surface area contributed by atoms with Crippen molar-refractivity contribution >= 4 is 0 Å². The molecule has 8 atom stereocenters. The molecule has 4 aliphatic rings. The van der Waals surface area contributed by atoms with Crippen molar-refractivity contribution in [3.8, 4) is 0 Å². The summed E-state index contributed by atoms with van der Waals surface area (Å²) in [4.78, 5) is 0. The molecule has 0 aromatic carbocycles. The van der Waals surface area contributed by atoms with Crippen LogP contribution in [0.4, 0.5) is 0 Å². The van der Waals surface area contributed by atoms with Crippen molar-refractivity contribution in [1.29, 1.82) is 0 Å². The van der Waals surface area contributed by atoms with Crippen molar-refractivity contribution in [2.24, 2.45) is 39.4 Å². The van der Waals surface area contributed by atoms with E-state index in [0.717, 1.165) is 12.3 Å². The summed E-state index contributed by atoms with van der Waals surface area (Å²) in [5, 5.41) is 21.1. The third-order valence-electron chi connectivity index (χ3n) is 11.4. The standard InChI is InChI=1S/C30H48O2/c1-20(2)9-8-10-21(3)22-13-17-29(6)23(22)11-12-25-27(4)16-15-26(32)28(5,19-31)24(27)14-18-30(25,29)7/h9,15-16,23-26,31-32H,8,10-14,17-19H2,1-7H3. The monoisotopic (exact) mass is 440 g/mol. The van der Waals surface area contributed by atoms with E-state index in [1.54, 1.807) is 11.1 Å². The molecule has 3 fully saturated rings. The van der Waals surface area contributed by atoms with Gasteiger partial charge in [0.2, 0.25) is 0 Å². The summed E-state index contributed by atoms with van der Waals surface area (Å²) in [5.74, 6) is 1.70. The van der Waals surface area contributed by atoms with Gasteiger partial charge >= 0.3 is 0 Å². The highest BCUT2D eigenvalue weighted by molar-refractivity contribution is 5.31. The van der Waals surface area contributed by atoms with Crippen LogP contribution in [-0.4, -0.2) is 22.9 Å². The number of aliphatic hydroxyl groups is 2. The molecule has 32 heavy (non-hydrogen) atoms. The zero-order valence-electron chi connectivity index (χ0n) is 21.8. The molecule has 0 aromatic heterocycles. The van der Waals surface area contributed by atoms with Crippen LogP contribution >= 0.6 is 0 Å². The molecule has 0 bridgehead atoms. The SMILES string of the molecule is CC(C)=CCCC(C)=C1CCC2(C)C1CCC1C3(C)C=CC(O)C(C)(CO)C3CCC12C. The predicted octanol–water partition coefficient (Wildman–Crippen LogP) is 7.23. The maximum atomic E-state index is 10.8. The van der Waals surface area contributed by atoms with Crippen LogP contribution in [0.3, 0.4) is 0 Å². The Morgan fingerprint density at radius 2 is 1.72 bits per heavy atom. The molecule has 0 aromatic rings. The first kappa shape index (κ1) is 24.3. The van der Waals surface area contributed by atoms with Gasteiger partial charge in [-0.2, -0.15) is 0 Å². The van der Waals surface area contributed by atoms with Gasteiger partial charge in [-0.1, -0.05) is 62.6 Å². The lowest BCUT2D eigenvalue weighted by Crippen LogP contribution is -2.63. The Hall–Kier alpha value is -0.860. The van der Waals surface area contributed by atoms with Crippen LogP contribution in [0, 0.1) is 39.4 Å². The maximum Gasteiger partial charge on any atom is 0.0799 e. The van der Waals surface area contributed by atoms with Gasteiger partial charge < -0.3 is 10.2 Å². The van der Waals surface area contributed by atoms with Crippen LogP contribution in [0.15, 0.2) is 34.9 Å². The molecular formula is C30H48O2. The van der Waals surface area contributed by atoms with Gasteiger partial charge in [-0.3, -0.25) is 0 Å². The highest BCUT2D eigenvalue weighted by Crippen LogP contribution is 2.74. The number of fused-ring (bicyclic) bond motifs is 5. The summed E-state index contributed by atoms with van der Waals surface area (Å²) in [6.07, 6.45) is 16.1. The summed E-state index contributed by atoms with van der Waals surface area (Å²) < 4.78 is 0. The van der Waals surface area contributed by atoms with Crippen LogP contribution in [0.5, 0.6) is 0 Å². The van der Waals surface area contributed by atoms with Gasteiger partial charge in [-0.25, -0.2) is 0 Å². The summed E-state index contributed by atoms with van der Waals surface area (Å²) in [5.41, 5.74) is 5.18. The van der Waals surface area contributed by atoms with Gasteiger partial charge in [0.05, 0.1) is 12.7 Å². The van der Waals surface area contributed by atoms with Gasteiger partial charge in [-0.05, 0) is 106 Å². The lowest BCUT2D eigenvalue weighted by Gasteiger charge is -2.68. The molecule has 0 saturated heterocycles. The summed E-state index contributed by atoms with van der Waals surface area (Å²) >= 11 is 0. The largest absolute Gasteiger partial charge is 0.396 e. The van der Waals surface area contributed by atoms with E-state index in [-0.39, 0.29) is 12.0 Å². The highest BCUT2D eigenvalue weighted by Gasteiger charge is 2.67. The average molecular weight is 441 g/mol. The van der Waals surface area contributed by atoms with E-state index in [1.165, 1.54) is 50.5 Å². The minimum atomic E-state index is -0.536. The second-order valence-corrected chi connectivity index (χ2v) is 13.1. The minimum absolute atomic E-state index is 0.0582. The normalized spacial score (nSPS) is 49.2. The molecular weight excluding hydrogens is 392 g/mol. The second kappa shape index (κ2) is 8.12. The summed E-state index contributed by atoms with van der Waals surface area (Å²) in [6.45, 7) is 16.7. The van der Waals surface area contributed by atoms with E-state index in [9.17, 15) is 10.2 Å². The van der Waals surface area contributed by atoms with Crippen molar-refractivity contribution in [2.45, 2.75) is 106 Å². The Balaban J connectivity index is 1.67. The molecule has 3 saturated carbocycles. The fourth-order valence-electron chi connectivity index (χ4n) is 9.26. The number of aliphatic hydroxyl groups excluding tert-OH is 2. The Bertz CT molecular complexity index is 832. The smallest absolute Gasteiger partial charge is 0.0799 e. The molecule has 4 rings (SSSR count). The first-order valence-electron chi connectivity index (χ1n) is 13.2. The van der Waals surface area contributed by atoms with Crippen LogP contribution < -0.4 is 0 Å². The molecule has 180 valence electrons. The molecule has 2 heteroatoms. The fraction of sp³-hybridized carbons (Fsp3) is 0.800. The van der Waals surface area contributed by atoms with E-state index in [4.69, 9.17) is 0 Å². The Morgan fingerprint density at radius 1 is 1.00 bits per heavy atom. The topological polar surface area (TPSA) is 40.5 Å². The van der Waals surface area contributed by atoms with Crippen LogP contribution in [0.1, 0.15) is 99.8 Å². The second-order valence-electron chi connectivity index (χ2n) is 13.1. The first-order valence-corrected chi connectivity index (χ1v) is 13.2. The summed E-state index contributed by atoms with van der Waals surface area (Å²) in [7, 11) is 0. The minimum Gasteiger partial charge on any atom is -0.396 e. The Kier molecular flexibility index (Phi) is 6.16. The molecule has 0 spiro atoms. The number of hydrogen-bond donors (Lipinski definition) is 2. The van der Waals surface area contributed by atoms with Gasteiger partial charge in [0.1, 0.15) is 0 Å². The van der Waals surface area contributed by atoms with E-state index in [1.807, 2.05) is 6.08 Å². The van der Waals surface area contributed by atoms with Crippen LogP contribution in [0.2, 0.25) is 0 Å². The molecule has 0 amide bonds.